The summed E-state index contributed by atoms with van der Waals surface area (Å²) in [5.74, 6) is -1.03. The number of rotatable bonds is 2. The van der Waals surface area contributed by atoms with Crippen LogP contribution in [0.25, 0.3) is 22.2 Å². The average molecular weight is 243 g/mol. The highest BCUT2D eigenvalue weighted by Gasteiger charge is 2.11. The molecule has 0 spiro atoms. The van der Waals surface area contributed by atoms with E-state index in [1.807, 2.05) is 19.1 Å². The Hall–Kier alpha value is -2.63. The fourth-order valence-corrected chi connectivity index (χ4v) is 1.80. The highest BCUT2D eigenvalue weighted by atomic mass is 16.5. The van der Waals surface area contributed by atoms with Crippen LogP contribution in [0.4, 0.5) is 0 Å². The number of aromatic nitrogens is 3. The molecule has 0 aliphatic heterocycles. The summed E-state index contributed by atoms with van der Waals surface area (Å²) in [6.45, 7) is 1.85. The van der Waals surface area contributed by atoms with E-state index in [2.05, 4.69) is 15.4 Å². The Morgan fingerprint density at radius 2 is 2.22 bits per heavy atom. The molecule has 0 unspecified atom stereocenters. The van der Waals surface area contributed by atoms with Crippen molar-refractivity contribution in [1.29, 1.82) is 0 Å². The Bertz CT molecular complexity index is 742. The molecule has 0 radical (unpaired) electrons. The molecule has 1 aromatic carbocycles. The van der Waals surface area contributed by atoms with Gasteiger partial charge < -0.3 is 9.63 Å². The zero-order chi connectivity index (χ0) is 12.7. The molecule has 18 heavy (non-hydrogen) atoms. The lowest BCUT2D eigenvalue weighted by Crippen LogP contribution is -1.95. The zero-order valence-electron chi connectivity index (χ0n) is 9.47. The van der Waals surface area contributed by atoms with Gasteiger partial charge in [-0.25, -0.2) is 4.79 Å². The molecule has 3 aromatic rings. The van der Waals surface area contributed by atoms with Crippen LogP contribution in [0.2, 0.25) is 0 Å². The van der Waals surface area contributed by atoms with E-state index >= 15 is 0 Å². The highest BCUT2D eigenvalue weighted by molar-refractivity contribution is 5.88. The van der Waals surface area contributed by atoms with Crippen molar-refractivity contribution in [3.8, 4) is 11.3 Å². The van der Waals surface area contributed by atoms with Crippen LogP contribution in [0.3, 0.4) is 0 Å². The van der Waals surface area contributed by atoms with Gasteiger partial charge in [-0.1, -0.05) is 5.16 Å². The van der Waals surface area contributed by atoms with Gasteiger partial charge in [0.25, 0.3) is 0 Å². The minimum absolute atomic E-state index is 0.0622. The van der Waals surface area contributed by atoms with Crippen LogP contribution in [-0.2, 0) is 0 Å². The second-order valence-electron chi connectivity index (χ2n) is 3.95. The molecule has 0 aliphatic rings. The molecule has 0 aliphatic carbocycles. The summed E-state index contributed by atoms with van der Waals surface area (Å²) < 4.78 is 5.11. The maximum Gasteiger partial charge on any atom is 0.353 e. The smallest absolute Gasteiger partial charge is 0.353 e. The first kappa shape index (κ1) is 10.5. The first-order chi connectivity index (χ1) is 8.65. The van der Waals surface area contributed by atoms with Crippen LogP contribution in [0.15, 0.2) is 28.8 Å². The van der Waals surface area contributed by atoms with E-state index in [1.54, 1.807) is 6.07 Å². The summed E-state index contributed by atoms with van der Waals surface area (Å²) in [7, 11) is 0. The van der Waals surface area contributed by atoms with E-state index in [4.69, 9.17) is 9.63 Å². The van der Waals surface area contributed by atoms with E-state index in [1.165, 1.54) is 6.07 Å². The van der Waals surface area contributed by atoms with E-state index in [0.717, 1.165) is 16.6 Å². The van der Waals surface area contributed by atoms with Crippen molar-refractivity contribution >= 4 is 16.9 Å². The molecule has 0 saturated heterocycles. The molecule has 6 heteroatoms. The molecule has 90 valence electrons. The average Bonchev–Trinajstić information content (AvgIpc) is 2.96. The van der Waals surface area contributed by atoms with Gasteiger partial charge >= 0.3 is 5.97 Å². The predicted octanol–water partition coefficient (Wildman–Crippen LogP) is 2.22. The van der Waals surface area contributed by atoms with Crippen molar-refractivity contribution in [3.63, 3.8) is 0 Å². The van der Waals surface area contributed by atoms with E-state index < -0.39 is 5.97 Å². The van der Waals surface area contributed by atoms with Crippen LogP contribution in [0, 0.1) is 6.92 Å². The molecular weight excluding hydrogens is 234 g/mol. The second-order valence-corrected chi connectivity index (χ2v) is 3.95. The van der Waals surface area contributed by atoms with Gasteiger partial charge in [0.2, 0.25) is 0 Å². The summed E-state index contributed by atoms with van der Waals surface area (Å²) in [5.41, 5.74) is 2.95. The lowest BCUT2D eigenvalue weighted by Gasteiger charge is -1.95. The minimum Gasteiger partial charge on any atom is -0.477 e. The van der Waals surface area contributed by atoms with Gasteiger partial charge in [0.05, 0.1) is 11.4 Å². The SMILES string of the molecule is Cc1noc2ccc(-c3cc(C(=O)O)[nH]n3)cc12. The second kappa shape index (κ2) is 3.69. The highest BCUT2D eigenvalue weighted by Crippen LogP contribution is 2.25. The van der Waals surface area contributed by atoms with Gasteiger partial charge in [-0.05, 0) is 31.2 Å². The molecule has 2 heterocycles. The number of carboxylic acid groups (broad SMARTS) is 1. The topological polar surface area (TPSA) is 92.0 Å². The zero-order valence-corrected chi connectivity index (χ0v) is 9.47. The lowest BCUT2D eigenvalue weighted by molar-refractivity contribution is 0.0690. The summed E-state index contributed by atoms with van der Waals surface area (Å²) in [6.07, 6.45) is 0. The van der Waals surface area contributed by atoms with Crippen molar-refractivity contribution in [2.24, 2.45) is 0 Å². The largest absolute Gasteiger partial charge is 0.477 e. The summed E-state index contributed by atoms with van der Waals surface area (Å²) in [4.78, 5) is 10.8. The standard InChI is InChI=1S/C12H9N3O3/c1-6-8-4-7(2-3-11(8)18-15-6)9-5-10(12(16)17)14-13-9/h2-5H,1H3,(H,13,14)(H,16,17). The molecule has 3 rings (SSSR count). The number of nitrogens with zero attached hydrogens (tertiary/aromatic N) is 2. The fourth-order valence-electron chi connectivity index (χ4n) is 1.80. The van der Waals surface area contributed by atoms with Crippen molar-refractivity contribution in [2.75, 3.05) is 0 Å². The minimum atomic E-state index is -1.03. The normalized spacial score (nSPS) is 10.9. The fraction of sp³-hybridized carbons (Fsp3) is 0.0833. The monoisotopic (exact) mass is 243 g/mol. The number of hydrogen-bond donors (Lipinski definition) is 2. The number of fused-ring (bicyclic) bond motifs is 1. The lowest BCUT2D eigenvalue weighted by atomic mass is 10.1. The van der Waals surface area contributed by atoms with Gasteiger partial charge in [-0.15, -0.1) is 0 Å². The van der Waals surface area contributed by atoms with E-state index in [0.29, 0.717) is 11.3 Å². The van der Waals surface area contributed by atoms with Crippen LogP contribution in [-0.4, -0.2) is 26.4 Å². The number of carboxylic acids is 1. The summed E-state index contributed by atoms with van der Waals surface area (Å²) in [5, 5.41) is 20.0. The quantitative estimate of drug-likeness (QED) is 0.720. The molecular formula is C12H9N3O3. The van der Waals surface area contributed by atoms with Crippen molar-refractivity contribution in [3.05, 3.63) is 35.7 Å². The molecule has 0 atom stereocenters. The Labute approximate surface area is 101 Å². The van der Waals surface area contributed by atoms with E-state index in [-0.39, 0.29) is 5.69 Å². The Kier molecular flexibility index (Phi) is 2.16. The van der Waals surface area contributed by atoms with Crippen molar-refractivity contribution < 1.29 is 14.4 Å². The molecule has 0 saturated carbocycles. The number of aryl methyl sites for hydroxylation is 1. The number of aromatic amines is 1. The molecule has 2 aromatic heterocycles. The molecule has 0 amide bonds. The molecule has 0 fully saturated rings. The maximum absolute atomic E-state index is 10.8. The van der Waals surface area contributed by atoms with Gasteiger partial charge in [0.1, 0.15) is 5.69 Å². The van der Waals surface area contributed by atoms with Gasteiger partial charge in [-0.3, -0.25) is 5.10 Å². The van der Waals surface area contributed by atoms with Crippen LogP contribution in [0.5, 0.6) is 0 Å². The number of carbonyl (C=O) groups is 1. The molecule has 2 N–H and O–H groups in total. The Morgan fingerprint density at radius 3 is 2.94 bits per heavy atom. The number of benzene rings is 1. The Balaban J connectivity index is 2.12. The maximum atomic E-state index is 10.8. The summed E-state index contributed by atoms with van der Waals surface area (Å²) in [6, 6.07) is 6.98. The first-order valence-corrected chi connectivity index (χ1v) is 5.30. The van der Waals surface area contributed by atoms with Crippen molar-refractivity contribution in [2.45, 2.75) is 6.92 Å². The van der Waals surface area contributed by atoms with Crippen molar-refractivity contribution in [1.82, 2.24) is 15.4 Å². The third-order valence-electron chi connectivity index (χ3n) is 2.75. The third kappa shape index (κ3) is 1.55. The van der Waals surface area contributed by atoms with Crippen LogP contribution in [0.1, 0.15) is 16.2 Å². The van der Waals surface area contributed by atoms with Crippen LogP contribution >= 0.6 is 0 Å². The van der Waals surface area contributed by atoms with Gasteiger partial charge in [0.15, 0.2) is 5.58 Å². The van der Waals surface area contributed by atoms with Gasteiger partial charge in [0, 0.05) is 10.9 Å². The number of H-pyrrole nitrogens is 1. The molecule has 0 bridgehead atoms. The number of hydrogen-bond acceptors (Lipinski definition) is 4. The predicted molar refractivity (Wildman–Crippen MR) is 63.3 cm³/mol. The number of nitrogens with one attached hydrogen (secondary N) is 1. The summed E-state index contributed by atoms with van der Waals surface area (Å²) >= 11 is 0. The number of aromatic carboxylic acids is 1. The van der Waals surface area contributed by atoms with E-state index in [9.17, 15) is 4.79 Å². The third-order valence-corrected chi connectivity index (χ3v) is 2.75. The van der Waals surface area contributed by atoms with Crippen LogP contribution < -0.4 is 0 Å². The first-order valence-electron chi connectivity index (χ1n) is 5.30. The van der Waals surface area contributed by atoms with Gasteiger partial charge in [-0.2, -0.15) is 5.10 Å². The Morgan fingerprint density at radius 1 is 1.39 bits per heavy atom. The molecule has 6 nitrogen and oxygen atoms in total.